The van der Waals surface area contributed by atoms with Crippen LogP contribution >= 0.6 is 0 Å². The fraction of sp³-hybridized carbons (Fsp3) is 0.467. The van der Waals surface area contributed by atoms with Gasteiger partial charge in [-0.05, 0) is 37.2 Å². The Labute approximate surface area is 116 Å². The van der Waals surface area contributed by atoms with E-state index in [0.29, 0.717) is 17.7 Å². The van der Waals surface area contributed by atoms with E-state index in [1.165, 1.54) is 13.2 Å². The molecule has 110 valence electrons. The van der Waals surface area contributed by atoms with E-state index in [1.54, 1.807) is 24.3 Å². The van der Waals surface area contributed by atoms with E-state index in [9.17, 15) is 13.9 Å². The average molecular weight is 283 g/mol. The zero-order chi connectivity index (χ0) is 14.8. The molecule has 2 unspecified atom stereocenters. The minimum Gasteiger partial charge on any atom is -0.464 e. The third-order valence-corrected chi connectivity index (χ3v) is 3.88. The Morgan fingerprint density at radius 1 is 1.35 bits per heavy atom. The summed E-state index contributed by atoms with van der Waals surface area (Å²) in [6, 6.07) is 6.05. The van der Waals surface area contributed by atoms with Gasteiger partial charge in [0.15, 0.2) is 0 Å². The summed E-state index contributed by atoms with van der Waals surface area (Å²) < 4.78 is 32.6. The van der Waals surface area contributed by atoms with Crippen LogP contribution in [0.3, 0.4) is 0 Å². The fourth-order valence-corrected chi connectivity index (χ4v) is 2.49. The molecule has 2 aromatic rings. The summed E-state index contributed by atoms with van der Waals surface area (Å²) in [5.74, 6) is 0. The summed E-state index contributed by atoms with van der Waals surface area (Å²) >= 11 is 0. The van der Waals surface area contributed by atoms with Gasteiger partial charge in [0.05, 0.1) is 18.3 Å². The van der Waals surface area contributed by atoms with E-state index in [0.717, 1.165) is 5.39 Å². The second kappa shape index (κ2) is 5.89. The van der Waals surface area contributed by atoms with Crippen LogP contribution in [0.5, 0.6) is 0 Å². The molecular weight excluding hydrogens is 264 g/mol. The topological polar surface area (TPSA) is 45.4 Å². The van der Waals surface area contributed by atoms with Crippen molar-refractivity contribution in [1.82, 2.24) is 5.32 Å². The Morgan fingerprint density at radius 3 is 2.70 bits per heavy atom. The minimum absolute atomic E-state index is 0.349. The first kappa shape index (κ1) is 14.9. The van der Waals surface area contributed by atoms with E-state index in [-0.39, 0.29) is 6.61 Å². The number of likely N-dealkylation sites (N-methyl/N-ethyl adjacent to an activating group) is 1. The molecule has 0 saturated heterocycles. The lowest BCUT2D eigenvalue weighted by atomic mass is 9.76. The van der Waals surface area contributed by atoms with E-state index in [4.69, 9.17) is 4.42 Å². The molecule has 5 heteroatoms. The molecule has 0 bridgehead atoms. The molecule has 1 aromatic heterocycles. The zero-order valence-corrected chi connectivity index (χ0v) is 11.6. The van der Waals surface area contributed by atoms with E-state index in [2.05, 4.69) is 5.32 Å². The first-order valence-corrected chi connectivity index (χ1v) is 6.64. The van der Waals surface area contributed by atoms with Crippen LogP contribution < -0.4 is 5.32 Å². The Kier molecular flexibility index (Phi) is 4.40. The number of hydrogen-bond donors (Lipinski definition) is 2. The van der Waals surface area contributed by atoms with Gasteiger partial charge in [0, 0.05) is 11.4 Å². The number of aliphatic hydroxyl groups is 1. The molecule has 20 heavy (non-hydrogen) atoms. The molecule has 1 aromatic carbocycles. The molecule has 2 atom stereocenters. The van der Waals surface area contributed by atoms with Crippen molar-refractivity contribution in [3.05, 3.63) is 36.1 Å². The van der Waals surface area contributed by atoms with Gasteiger partial charge in [-0.25, -0.2) is 8.78 Å². The summed E-state index contributed by atoms with van der Waals surface area (Å²) in [4.78, 5) is 0. The van der Waals surface area contributed by atoms with Crippen molar-refractivity contribution < 1.29 is 18.3 Å². The second-order valence-corrected chi connectivity index (χ2v) is 5.05. The number of alkyl halides is 2. The number of halogens is 2. The maximum absolute atomic E-state index is 13.7. The van der Waals surface area contributed by atoms with Crippen molar-refractivity contribution in [1.29, 1.82) is 0 Å². The third-order valence-electron chi connectivity index (χ3n) is 3.88. The van der Waals surface area contributed by atoms with E-state index < -0.39 is 17.9 Å². The quantitative estimate of drug-likeness (QED) is 0.857. The van der Waals surface area contributed by atoms with Gasteiger partial charge in [-0.1, -0.05) is 13.0 Å². The number of nitrogens with one attached hydrogen (secondary N) is 1. The molecule has 1 heterocycles. The smallest absolute Gasteiger partial charge is 0.249 e. The van der Waals surface area contributed by atoms with Crippen molar-refractivity contribution in [2.45, 2.75) is 31.7 Å². The minimum atomic E-state index is -2.59. The van der Waals surface area contributed by atoms with Crippen LogP contribution in [0.1, 0.15) is 19.4 Å². The lowest BCUT2D eigenvalue weighted by Gasteiger charge is -2.37. The molecule has 0 radical (unpaired) electrons. The molecule has 0 aliphatic rings. The molecule has 2 N–H and O–H groups in total. The summed E-state index contributed by atoms with van der Waals surface area (Å²) in [5.41, 5.74) is -0.313. The van der Waals surface area contributed by atoms with Gasteiger partial charge in [0.25, 0.3) is 0 Å². The highest BCUT2D eigenvalue weighted by atomic mass is 19.3. The summed E-state index contributed by atoms with van der Waals surface area (Å²) in [5, 5.41) is 13.2. The van der Waals surface area contributed by atoms with Crippen LogP contribution in [-0.4, -0.2) is 30.7 Å². The molecule has 0 aliphatic heterocycles. The van der Waals surface area contributed by atoms with Crippen LogP contribution in [0.2, 0.25) is 0 Å². The zero-order valence-electron chi connectivity index (χ0n) is 11.6. The number of aliphatic hydroxyl groups excluding tert-OH is 1. The normalized spacial score (nSPS) is 16.5. The van der Waals surface area contributed by atoms with E-state index >= 15 is 0 Å². The van der Waals surface area contributed by atoms with Gasteiger partial charge >= 0.3 is 0 Å². The molecule has 0 spiro atoms. The van der Waals surface area contributed by atoms with Gasteiger partial charge in [-0.2, -0.15) is 0 Å². The maximum atomic E-state index is 13.7. The van der Waals surface area contributed by atoms with Crippen molar-refractivity contribution in [3.8, 4) is 0 Å². The van der Waals surface area contributed by atoms with Gasteiger partial charge in [0.1, 0.15) is 5.58 Å². The van der Waals surface area contributed by atoms with Gasteiger partial charge in [-0.15, -0.1) is 0 Å². The Bertz CT molecular complexity index is 570. The highest BCUT2D eigenvalue weighted by molar-refractivity contribution is 5.78. The second-order valence-electron chi connectivity index (χ2n) is 5.05. The van der Waals surface area contributed by atoms with Crippen LogP contribution in [0.25, 0.3) is 11.0 Å². The SMILES string of the molecule is CCNC(CO)C(C)(c1ccc2occc2c1)C(F)F. The molecule has 2 rings (SSSR count). The van der Waals surface area contributed by atoms with Gasteiger partial charge in [0.2, 0.25) is 6.43 Å². The van der Waals surface area contributed by atoms with Crippen LogP contribution in [-0.2, 0) is 5.41 Å². The highest BCUT2D eigenvalue weighted by Crippen LogP contribution is 2.36. The van der Waals surface area contributed by atoms with Crippen molar-refractivity contribution >= 4 is 11.0 Å². The summed E-state index contributed by atoms with van der Waals surface area (Å²) in [7, 11) is 0. The maximum Gasteiger partial charge on any atom is 0.249 e. The summed E-state index contributed by atoms with van der Waals surface area (Å²) in [6.45, 7) is 3.47. The molecular formula is C15H19F2NO2. The number of benzene rings is 1. The fourth-order valence-electron chi connectivity index (χ4n) is 2.49. The third kappa shape index (κ3) is 2.43. The molecule has 0 saturated carbocycles. The predicted molar refractivity (Wildman–Crippen MR) is 74.1 cm³/mol. The average Bonchev–Trinajstić information content (AvgIpc) is 2.90. The van der Waals surface area contributed by atoms with Gasteiger partial charge < -0.3 is 14.8 Å². The van der Waals surface area contributed by atoms with Crippen LogP contribution in [0.4, 0.5) is 8.78 Å². The Balaban J connectivity index is 2.49. The van der Waals surface area contributed by atoms with Crippen molar-refractivity contribution in [2.75, 3.05) is 13.2 Å². The van der Waals surface area contributed by atoms with Gasteiger partial charge in [-0.3, -0.25) is 0 Å². The Morgan fingerprint density at radius 2 is 2.10 bits per heavy atom. The molecule has 0 fully saturated rings. The molecule has 0 aliphatic carbocycles. The van der Waals surface area contributed by atoms with Crippen molar-refractivity contribution in [3.63, 3.8) is 0 Å². The van der Waals surface area contributed by atoms with Crippen LogP contribution in [0.15, 0.2) is 34.9 Å². The largest absolute Gasteiger partial charge is 0.464 e. The lowest BCUT2D eigenvalue weighted by Crippen LogP contribution is -2.53. The highest BCUT2D eigenvalue weighted by Gasteiger charge is 2.43. The first-order chi connectivity index (χ1) is 9.53. The first-order valence-electron chi connectivity index (χ1n) is 6.64. The number of furan rings is 1. The predicted octanol–water partition coefficient (Wildman–Crippen LogP) is 2.93. The summed E-state index contributed by atoms with van der Waals surface area (Å²) in [6.07, 6.45) is -1.06. The number of hydrogen-bond acceptors (Lipinski definition) is 3. The van der Waals surface area contributed by atoms with E-state index in [1.807, 2.05) is 6.92 Å². The monoisotopic (exact) mass is 283 g/mol. The lowest BCUT2D eigenvalue weighted by molar-refractivity contribution is 0.0204. The Hall–Kier alpha value is -1.46. The number of rotatable bonds is 6. The van der Waals surface area contributed by atoms with Crippen LogP contribution in [0, 0.1) is 0 Å². The number of fused-ring (bicyclic) bond motifs is 1. The van der Waals surface area contributed by atoms with Crippen molar-refractivity contribution in [2.24, 2.45) is 0 Å². The molecule has 0 amide bonds. The molecule has 3 nitrogen and oxygen atoms in total. The standard InChI is InChI=1S/C15H19F2NO2/c1-3-18-13(9-19)15(2,14(16)17)11-4-5-12-10(8-11)6-7-20-12/h4-8,13-14,18-19H,3,9H2,1-2H3.